The molecule has 10 nitrogen and oxygen atoms in total. The third-order valence-electron chi connectivity index (χ3n) is 6.73. The van der Waals surface area contributed by atoms with Crippen LogP contribution in [0, 0.1) is 5.82 Å². The van der Waals surface area contributed by atoms with Gasteiger partial charge in [0.05, 0.1) is 35.0 Å². The zero-order valence-electron chi connectivity index (χ0n) is 21.7. The molecule has 6 aromatic rings. The molecule has 0 atom stereocenters. The maximum absolute atomic E-state index is 14.5. The van der Waals surface area contributed by atoms with Crippen LogP contribution in [0.4, 0.5) is 10.1 Å². The Morgan fingerprint density at radius 3 is 2.50 bits per heavy atom. The minimum Gasteiger partial charge on any atom is -0.376 e. The number of hydrogen-bond acceptors (Lipinski definition) is 7. The van der Waals surface area contributed by atoms with E-state index >= 15 is 0 Å². The molecule has 1 aromatic carbocycles. The highest BCUT2D eigenvalue weighted by atomic mass is 32.2. The third kappa shape index (κ3) is 5.01. The average Bonchev–Trinajstić information content (AvgIpc) is 3.55. The van der Waals surface area contributed by atoms with Crippen LogP contribution in [0.5, 0.6) is 0 Å². The lowest BCUT2D eigenvalue weighted by atomic mass is 10.0. The summed E-state index contributed by atoms with van der Waals surface area (Å²) in [7, 11) is 0.251. The van der Waals surface area contributed by atoms with Crippen LogP contribution in [0.2, 0.25) is 0 Å². The number of benzene rings is 1. The van der Waals surface area contributed by atoms with Gasteiger partial charge in [-0.1, -0.05) is 6.07 Å². The van der Waals surface area contributed by atoms with Crippen LogP contribution >= 0.6 is 0 Å². The minimum absolute atomic E-state index is 0.104. The molecule has 5 aromatic heterocycles. The molecule has 0 aliphatic carbocycles. The lowest BCUT2D eigenvalue weighted by Gasteiger charge is -2.12. The first kappa shape index (κ1) is 25.6. The Kier molecular flexibility index (Phi) is 6.28. The summed E-state index contributed by atoms with van der Waals surface area (Å²) in [5, 5.41) is 14.3. The van der Waals surface area contributed by atoms with Crippen molar-refractivity contribution in [3.8, 4) is 33.6 Å². The topological polar surface area (TPSA) is 147 Å². The highest BCUT2D eigenvalue weighted by molar-refractivity contribution is 7.89. The Hall–Kier alpha value is -4.68. The van der Waals surface area contributed by atoms with Crippen LogP contribution in [0.15, 0.2) is 67.4 Å². The molecule has 0 spiro atoms. The molecule has 202 valence electrons. The van der Waals surface area contributed by atoms with E-state index in [-0.39, 0.29) is 12.2 Å². The Morgan fingerprint density at radius 1 is 0.900 bits per heavy atom. The quantitative estimate of drug-likeness (QED) is 0.266. The Bertz CT molecular complexity index is 2000. The molecule has 0 amide bonds. The van der Waals surface area contributed by atoms with Gasteiger partial charge in [-0.3, -0.25) is 15.1 Å². The van der Waals surface area contributed by atoms with Gasteiger partial charge in [0, 0.05) is 60.1 Å². The standard InChI is InChI=1S/C28H25FN8O2S/c1-37(2)21-8-18(11-31-13-21)19-9-23-27(35-36-28(23)33-12-19)25-10-22-24(14-32-15-26(22)34-25)17-5-16(6-20(29)7-17)3-4-40(30,38)39/h5-15,34H,3-4H2,1-2H3,(H2,30,38,39)(H,33,35,36). The number of hydrogen-bond donors (Lipinski definition) is 3. The van der Waals surface area contributed by atoms with Crippen molar-refractivity contribution in [3.05, 3.63) is 78.8 Å². The number of aromatic amines is 2. The summed E-state index contributed by atoms with van der Waals surface area (Å²) < 4.78 is 37.4. The average molecular weight is 557 g/mol. The molecular formula is C28H25FN8O2S. The van der Waals surface area contributed by atoms with Gasteiger partial charge in [-0.15, -0.1) is 0 Å². The van der Waals surface area contributed by atoms with Crippen LogP contribution in [0.3, 0.4) is 0 Å². The van der Waals surface area contributed by atoms with Crippen LogP contribution in [-0.4, -0.2) is 58.4 Å². The minimum atomic E-state index is -3.67. The highest BCUT2D eigenvalue weighted by Crippen LogP contribution is 2.35. The van der Waals surface area contributed by atoms with E-state index in [1.165, 1.54) is 12.1 Å². The van der Waals surface area contributed by atoms with Gasteiger partial charge in [0.25, 0.3) is 0 Å². The van der Waals surface area contributed by atoms with Crippen molar-refractivity contribution in [3.63, 3.8) is 0 Å². The monoisotopic (exact) mass is 556 g/mol. The van der Waals surface area contributed by atoms with Crippen molar-refractivity contribution < 1.29 is 12.8 Å². The molecule has 0 saturated heterocycles. The summed E-state index contributed by atoms with van der Waals surface area (Å²) in [6, 6.07) is 10.5. The molecule has 0 radical (unpaired) electrons. The van der Waals surface area contributed by atoms with Crippen molar-refractivity contribution in [2.45, 2.75) is 6.42 Å². The molecule has 12 heteroatoms. The van der Waals surface area contributed by atoms with Crippen LogP contribution < -0.4 is 10.0 Å². The fraction of sp³-hybridized carbons (Fsp3) is 0.143. The molecule has 0 aliphatic rings. The second kappa shape index (κ2) is 9.81. The fourth-order valence-electron chi connectivity index (χ4n) is 4.72. The molecule has 0 unspecified atom stereocenters. The van der Waals surface area contributed by atoms with Gasteiger partial charge < -0.3 is 9.88 Å². The number of sulfonamides is 1. The van der Waals surface area contributed by atoms with Crippen LogP contribution in [0.1, 0.15) is 5.56 Å². The van der Waals surface area contributed by atoms with Crippen molar-refractivity contribution in [1.82, 2.24) is 30.1 Å². The fourth-order valence-corrected chi connectivity index (χ4v) is 5.24. The van der Waals surface area contributed by atoms with E-state index < -0.39 is 15.8 Å². The normalized spacial score (nSPS) is 11.9. The number of rotatable bonds is 7. The number of H-pyrrole nitrogens is 2. The van der Waals surface area contributed by atoms with Gasteiger partial charge in [0.1, 0.15) is 11.5 Å². The first-order valence-corrected chi connectivity index (χ1v) is 14.1. The van der Waals surface area contributed by atoms with E-state index in [2.05, 4.69) is 30.1 Å². The SMILES string of the molecule is CN(C)c1cncc(-c2cnc3[nH]nc(-c4cc5c(-c6cc(F)cc(CCS(N)(=O)=O)c6)cncc5[nH]4)c3c2)c1. The van der Waals surface area contributed by atoms with E-state index in [4.69, 9.17) is 5.14 Å². The number of anilines is 1. The summed E-state index contributed by atoms with van der Waals surface area (Å²) >= 11 is 0. The Morgan fingerprint density at radius 2 is 1.70 bits per heavy atom. The predicted octanol–water partition coefficient (Wildman–Crippen LogP) is 4.27. The van der Waals surface area contributed by atoms with Gasteiger partial charge in [-0.25, -0.2) is 22.9 Å². The zero-order valence-corrected chi connectivity index (χ0v) is 22.5. The molecule has 5 heterocycles. The number of pyridine rings is 3. The predicted molar refractivity (Wildman–Crippen MR) is 154 cm³/mol. The summed E-state index contributed by atoms with van der Waals surface area (Å²) in [5.41, 5.74) is 7.41. The van der Waals surface area contributed by atoms with Crippen molar-refractivity contribution >= 4 is 37.6 Å². The molecular weight excluding hydrogens is 531 g/mol. The molecule has 0 fully saturated rings. The van der Waals surface area contributed by atoms with E-state index in [9.17, 15) is 12.8 Å². The Balaban J connectivity index is 1.42. The number of nitrogens with one attached hydrogen (secondary N) is 2. The highest BCUT2D eigenvalue weighted by Gasteiger charge is 2.16. The van der Waals surface area contributed by atoms with Gasteiger partial charge in [-0.2, -0.15) is 5.10 Å². The number of primary sulfonamides is 1. The van der Waals surface area contributed by atoms with Crippen molar-refractivity contribution in [2.75, 3.05) is 24.7 Å². The van der Waals surface area contributed by atoms with Gasteiger partial charge in [0.15, 0.2) is 5.65 Å². The summed E-state index contributed by atoms with van der Waals surface area (Å²) in [6.45, 7) is 0. The maximum Gasteiger partial charge on any atom is 0.209 e. The van der Waals surface area contributed by atoms with Crippen molar-refractivity contribution in [2.24, 2.45) is 5.14 Å². The van der Waals surface area contributed by atoms with E-state index in [0.29, 0.717) is 28.0 Å². The number of aryl methyl sites for hydroxylation is 1. The molecule has 0 bridgehead atoms. The molecule has 0 saturated carbocycles. The number of fused-ring (bicyclic) bond motifs is 2. The lowest BCUT2D eigenvalue weighted by Crippen LogP contribution is -2.18. The number of nitrogens with two attached hydrogens (primary N) is 1. The van der Waals surface area contributed by atoms with E-state index in [0.717, 1.165) is 38.8 Å². The first-order chi connectivity index (χ1) is 19.1. The van der Waals surface area contributed by atoms with Gasteiger partial charge in [0.2, 0.25) is 10.0 Å². The molecule has 40 heavy (non-hydrogen) atoms. The number of nitrogens with zero attached hydrogens (tertiary/aromatic N) is 5. The number of halogens is 1. The number of aromatic nitrogens is 6. The smallest absolute Gasteiger partial charge is 0.209 e. The molecule has 6 rings (SSSR count). The van der Waals surface area contributed by atoms with E-state index in [1.54, 1.807) is 37.1 Å². The zero-order chi connectivity index (χ0) is 28.0. The van der Waals surface area contributed by atoms with Gasteiger partial charge >= 0.3 is 0 Å². The van der Waals surface area contributed by atoms with Gasteiger partial charge in [-0.05, 0) is 47.9 Å². The summed E-state index contributed by atoms with van der Waals surface area (Å²) in [6.07, 6.45) is 8.84. The summed E-state index contributed by atoms with van der Waals surface area (Å²) in [4.78, 5) is 18.6. The van der Waals surface area contributed by atoms with Crippen LogP contribution in [0.25, 0.3) is 55.6 Å². The van der Waals surface area contributed by atoms with Crippen LogP contribution in [-0.2, 0) is 16.4 Å². The van der Waals surface area contributed by atoms with Crippen molar-refractivity contribution in [1.29, 1.82) is 0 Å². The largest absolute Gasteiger partial charge is 0.376 e. The third-order valence-corrected chi connectivity index (χ3v) is 7.51. The second-order valence-electron chi connectivity index (χ2n) is 9.82. The summed E-state index contributed by atoms with van der Waals surface area (Å²) in [5.74, 6) is -0.746. The first-order valence-electron chi connectivity index (χ1n) is 12.4. The maximum atomic E-state index is 14.5. The second-order valence-corrected chi connectivity index (χ2v) is 11.5. The lowest BCUT2D eigenvalue weighted by molar-refractivity contribution is 0.596. The molecule has 0 aliphatic heterocycles. The van der Waals surface area contributed by atoms with E-state index in [1.807, 2.05) is 37.2 Å². The molecule has 4 N–H and O–H groups in total. The Labute approximate surface area is 229 Å².